The molecule has 13 heavy (non-hydrogen) atoms. The third kappa shape index (κ3) is 3.55. The number of hydrogen-bond donors (Lipinski definition) is 2. The van der Waals surface area contributed by atoms with Crippen LogP contribution in [0.15, 0.2) is 30.3 Å². The lowest BCUT2D eigenvalue weighted by Gasteiger charge is -2.09. The summed E-state index contributed by atoms with van der Waals surface area (Å²) in [7, 11) is 0. The van der Waals surface area contributed by atoms with Gasteiger partial charge in [-0.1, -0.05) is 30.3 Å². The van der Waals surface area contributed by atoms with Crippen molar-refractivity contribution in [2.24, 2.45) is 5.73 Å². The molecule has 0 aliphatic carbocycles. The normalized spacial score (nSPS) is 11.2. The molecule has 72 valence electrons. The van der Waals surface area contributed by atoms with Gasteiger partial charge in [0.2, 0.25) is 6.29 Å². The zero-order chi connectivity index (χ0) is 8.97. The summed E-state index contributed by atoms with van der Waals surface area (Å²) in [6.45, 7) is 0. The van der Waals surface area contributed by atoms with E-state index in [1.165, 1.54) is 0 Å². The highest BCUT2D eigenvalue weighted by Gasteiger charge is 2.08. The van der Waals surface area contributed by atoms with Gasteiger partial charge in [0, 0.05) is 5.56 Å². The van der Waals surface area contributed by atoms with Crippen molar-refractivity contribution in [1.29, 1.82) is 0 Å². The van der Waals surface area contributed by atoms with Crippen LogP contribution in [0, 0.1) is 0 Å². The number of nitrogens with two attached hydrogens (primary N) is 1. The van der Waals surface area contributed by atoms with E-state index in [2.05, 4.69) is 4.74 Å². The number of hydrogen-bond acceptors (Lipinski definition) is 3. The molecule has 5 N–H and O–H groups in total. The molecule has 5 nitrogen and oxygen atoms in total. The minimum absolute atomic E-state index is 0. The Kier molecular flexibility index (Phi) is 4.50. The van der Waals surface area contributed by atoms with Gasteiger partial charge in [-0.3, -0.25) is 0 Å². The van der Waals surface area contributed by atoms with Gasteiger partial charge in [0.25, 0.3) is 0 Å². The maximum absolute atomic E-state index is 10.2. The molecular weight excluding hydrogens is 174 g/mol. The average molecular weight is 185 g/mol. The molecule has 0 fully saturated rings. The molecule has 5 heteroatoms. The molecule has 1 aromatic rings. The van der Waals surface area contributed by atoms with E-state index < -0.39 is 12.4 Å². The van der Waals surface area contributed by atoms with Gasteiger partial charge >= 0.3 is 6.09 Å². The lowest BCUT2D eigenvalue weighted by Crippen LogP contribution is -2.16. The van der Waals surface area contributed by atoms with Gasteiger partial charge in [-0.25, -0.2) is 4.79 Å². The molecule has 0 aliphatic heterocycles. The second-order valence-electron chi connectivity index (χ2n) is 2.20. The summed E-state index contributed by atoms with van der Waals surface area (Å²) >= 11 is 0. The zero-order valence-electron chi connectivity index (χ0n) is 6.81. The van der Waals surface area contributed by atoms with Crippen LogP contribution < -0.4 is 5.73 Å². The number of carbonyl (C=O) groups excluding carboxylic acids is 1. The molecule has 1 unspecified atom stereocenters. The van der Waals surface area contributed by atoms with E-state index in [4.69, 9.17) is 10.8 Å². The predicted octanol–water partition coefficient (Wildman–Crippen LogP) is -0.0519. The van der Waals surface area contributed by atoms with E-state index in [9.17, 15) is 4.79 Å². The van der Waals surface area contributed by atoms with Crippen molar-refractivity contribution in [2.45, 2.75) is 6.29 Å². The quantitative estimate of drug-likeness (QED) is 0.631. The highest BCUT2D eigenvalue weighted by Crippen LogP contribution is 2.12. The molecule has 0 aliphatic rings. The molecule has 0 heterocycles. The first-order valence-corrected chi connectivity index (χ1v) is 3.39. The Balaban J connectivity index is 0.00000144. The molecule has 1 aromatic carbocycles. The maximum atomic E-state index is 10.2. The minimum atomic E-state index is -1.27. The van der Waals surface area contributed by atoms with Crippen LogP contribution in [-0.4, -0.2) is 16.7 Å². The Labute approximate surface area is 75.1 Å². The summed E-state index contributed by atoms with van der Waals surface area (Å²) in [5.41, 5.74) is 5.21. The van der Waals surface area contributed by atoms with E-state index in [-0.39, 0.29) is 5.48 Å². The van der Waals surface area contributed by atoms with Crippen molar-refractivity contribution >= 4 is 6.09 Å². The van der Waals surface area contributed by atoms with Gasteiger partial charge in [0.1, 0.15) is 0 Å². The highest BCUT2D eigenvalue weighted by molar-refractivity contribution is 5.64. The fraction of sp³-hybridized carbons (Fsp3) is 0.125. The molecule has 1 amide bonds. The van der Waals surface area contributed by atoms with E-state index in [1.54, 1.807) is 30.3 Å². The topological polar surface area (TPSA) is 104 Å². The van der Waals surface area contributed by atoms with Crippen LogP contribution in [0.25, 0.3) is 0 Å². The van der Waals surface area contributed by atoms with Crippen LogP contribution >= 0.6 is 0 Å². The lowest BCUT2D eigenvalue weighted by atomic mass is 10.2. The molecule has 0 bridgehead atoms. The highest BCUT2D eigenvalue weighted by atomic mass is 16.6. The number of aliphatic hydroxyl groups is 1. The predicted molar refractivity (Wildman–Crippen MR) is 45.7 cm³/mol. The minimum Gasteiger partial charge on any atom is -0.415 e. The van der Waals surface area contributed by atoms with Gasteiger partial charge in [0.15, 0.2) is 0 Å². The first kappa shape index (κ1) is 11.4. The Hall–Kier alpha value is -1.59. The van der Waals surface area contributed by atoms with Gasteiger partial charge in [0.05, 0.1) is 0 Å². The Bertz CT molecular complexity index is 262. The fourth-order valence-electron chi connectivity index (χ4n) is 0.796. The molecule has 1 rings (SSSR count). The Morgan fingerprint density at radius 3 is 2.38 bits per heavy atom. The van der Waals surface area contributed by atoms with E-state index in [0.717, 1.165) is 0 Å². The number of carbonyl (C=O) groups is 1. The van der Waals surface area contributed by atoms with Gasteiger partial charge in [-0.05, 0) is 0 Å². The largest absolute Gasteiger partial charge is 0.415 e. The number of benzene rings is 1. The maximum Gasteiger partial charge on any atom is 0.407 e. The molecule has 0 saturated heterocycles. The summed E-state index contributed by atoms with van der Waals surface area (Å²) in [6, 6.07) is 8.51. The van der Waals surface area contributed by atoms with Crippen molar-refractivity contribution in [3.05, 3.63) is 35.9 Å². The smallest absolute Gasteiger partial charge is 0.407 e. The van der Waals surface area contributed by atoms with Crippen LogP contribution in [0.5, 0.6) is 0 Å². The van der Waals surface area contributed by atoms with Crippen molar-refractivity contribution in [3.8, 4) is 0 Å². The monoisotopic (exact) mass is 185 g/mol. The van der Waals surface area contributed by atoms with Gasteiger partial charge in [-0.15, -0.1) is 0 Å². The average Bonchev–Trinajstić information content (AvgIpc) is 2.05. The molecule has 0 saturated carbocycles. The number of rotatable bonds is 2. The van der Waals surface area contributed by atoms with Crippen LogP contribution in [0.4, 0.5) is 4.79 Å². The molecule has 0 aromatic heterocycles. The summed E-state index contributed by atoms with van der Waals surface area (Å²) in [4.78, 5) is 10.2. The first-order chi connectivity index (χ1) is 5.70. The number of amides is 1. The molecule has 0 spiro atoms. The SMILES string of the molecule is NC(=O)OC(O)c1ccccc1.O. The zero-order valence-corrected chi connectivity index (χ0v) is 6.81. The second kappa shape index (κ2) is 5.13. The van der Waals surface area contributed by atoms with Crippen LogP contribution in [0.2, 0.25) is 0 Å². The van der Waals surface area contributed by atoms with Crippen molar-refractivity contribution in [2.75, 3.05) is 0 Å². The summed E-state index contributed by atoms with van der Waals surface area (Å²) in [5.74, 6) is 0. The van der Waals surface area contributed by atoms with E-state index in [0.29, 0.717) is 5.56 Å². The number of aliphatic hydroxyl groups excluding tert-OH is 1. The van der Waals surface area contributed by atoms with Crippen molar-refractivity contribution in [1.82, 2.24) is 0 Å². The van der Waals surface area contributed by atoms with Crippen LogP contribution in [0.3, 0.4) is 0 Å². The van der Waals surface area contributed by atoms with Crippen molar-refractivity contribution < 1.29 is 20.1 Å². The van der Waals surface area contributed by atoms with Crippen LogP contribution in [0.1, 0.15) is 11.9 Å². The van der Waals surface area contributed by atoms with E-state index >= 15 is 0 Å². The second-order valence-corrected chi connectivity index (χ2v) is 2.20. The van der Waals surface area contributed by atoms with Crippen molar-refractivity contribution in [3.63, 3.8) is 0 Å². The third-order valence-corrected chi connectivity index (χ3v) is 1.31. The number of ether oxygens (including phenoxy) is 1. The molecular formula is C8H11NO4. The number of primary amides is 1. The summed E-state index contributed by atoms with van der Waals surface area (Å²) in [5, 5.41) is 9.17. The lowest BCUT2D eigenvalue weighted by molar-refractivity contribution is -0.0510. The van der Waals surface area contributed by atoms with Crippen LogP contribution in [-0.2, 0) is 4.74 Å². The molecule has 0 radical (unpaired) electrons. The third-order valence-electron chi connectivity index (χ3n) is 1.31. The summed E-state index contributed by atoms with van der Waals surface area (Å²) < 4.78 is 4.33. The van der Waals surface area contributed by atoms with Gasteiger partial charge in [-0.2, -0.15) is 0 Å². The molecule has 1 atom stereocenters. The first-order valence-electron chi connectivity index (χ1n) is 3.39. The van der Waals surface area contributed by atoms with Gasteiger partial charge < -0.3 is 21.1 Å². The fourth-order valence-corrected chi connectivity index (χ4v) is 0.796. The Morgan fingerprint density at radius 2 is 1.92 bits per heavy atom. The summed E-state index contributed by atoms with van der Waals surface area (Å²) in [6.07, 6.45) is -2.27. The Morgan fingerprint density at radius 1 is 1.38 bits per heavy atom. The standard InChI is InChI=1S/C8H9NO3.H2O/c9-8(11)12-7(10)6-4-2-1-3-5-6;/h1-5,7,10H,(H2,9,11);1H2. The van der Waals surface area contributed by atoms with E-state index in [1.807, 2.05) is 0 Å².